The van der Waals surface area contributed by atoms with Gasteiger partial charge in [0, 0.05) is 5.56 Å². The fourth-order valence-electron chi connectivity index (χ4n) is 1.10. The van der Waals surface area contributed by atoms with Crippen LogP contribution in [0.4, 0.5) is 17.6 Å². The van der Waals surface area contributed by atoms with Gasteiger partial charge in [0.05, 0.1) is 12.0 Å². The first kappa shape index (κ1) is 11.5. The maximum Gasteiger partial charge on any atom is 0.308 e. The summed E-state index contributed by atoms with van der Waals surface area (Å²) in [7, 11) is 0. The van der Waals surface area contributed by atoms with E-state index in [1.165, 1.54) is 0 Å². The van der Waals surface area contributed by atoms with Gasteiger partial charge in [-0.2, -0.15) is 0 Å². The van der Waals surface area contributed by atoms with Crippen molar-refractivity contribution in [2.75, 3.05) is 0 Å². The Balaban J connectivity index is 3.23. The number of hydrogen-bond donors (Lipinski definition) is 1. The van der Waals surface area contributed by atoms with Gasteiger partial charge in [0.15, 0.2) is 0 Å². The molecule has 1 rings (SSSR count). The molecule has 0 amide bonds. The van der Waals surface area contributed by atoms with Crippen LogP contribution in [-0.2, 0) is 11.2 Å². The molecule has 15 heavy (non-hydrogen) atoms. The summed E-state index contributed by atoms with van der Waals surface area (Å²) in [5.41, 5.74) is -1.84. The van der Waals surface area contributed by atoms with E-state index in [1.54, 1.807) is 0 Å². The topological polar surface area (TPSA) is 37.3 Å². The number of carboxylic acids is 1. The second-order valence-electron chi connectivity index (χ2n) is 2.80. The average Bonchev–Trinajstić information content (AvgIpc) is 2.11. The van der Waals surface area contributed by atoms with E-state index in [9.17, 15) is 22.4 Å². The number of halogens is 4. The molecule has 0 radical (unpaired) electrons. The number of rotatable bonds is 3. The summed E-state index contributed by atoms with van der Waals surface area (Å²) in [6, 6.07) is 1.23. The molecule has 0 heterocycles. The monoisotopic (exact) mass is 222 g/mol. The van der Waals surface area contributed by atoms with Crippen molar-refractivity contribution in [1.82, 2.24) is 0 Å². The van der Waals surface area contributed by atoms with Crippen molar-refractivity contribution >= 4 is 5.97 Å². The van der Waals surface area contributed by atoms with E-state index in [4.69, 9.17) is 5.11 Å². The van der Waals surface area contributed by atoms with Crippen molar-refractivity contribution in [1.29, 1.82) is 0 Å². The first-order chi connectivity index (χ1) is 6.93. The number of benzene rings is 1. The molecule has 0 unspecified atom stereocenters. The van der Waals surface area contributed by atoms with E-state index >= 15 is 0 Å². The van der Waals surface area contributed by atoms with Crippen LogP contribution < -0.4 is 0 Å². The van der Waals surface area contributed by atoms with Crippen molar-refractivity contribution in [2.24, 2.45) is 0 Å². The summed E-state index contributed by atoms with van der Waals surface area (Å²) in [5, 5.41) is 8.32. The van der Waals surface area contributed by atoms with E-state index in [-0.39, 0.29) is 0 Å². The van der Waals surface area contributed by atoms with Gasteiger partial charge < -0.3 is 5.11 Å². The van der Waals surface area contributed by atoms with Gasteiger partial charge in [-0.05, 0) is 12.1 Å². The smallest absolute Gasteiger partial charge is 0.308 e. The van der Waals surface area contributed by atoms with E-state index in [0.717, 1.165) is 0 Å². The highest BCUT2D eigenvalue weighted by molar-refractivity contribution is 5.70. The third kappa shape index (κ3) is 2.45. The molecule has 0 saturated heterocycles. The van der Waals surface area contributed by atoms with Crippen LogP contribution in [0.3, 0.4) is 0 Å². The number of carbonyl (C=O) groups is 1. The summed E-state index contributed by atoms with van der Waals surface area (Å²) in [4.78, 5) is 10.2. The predicted molar refractivity (Wildman–Crippen MR) is 42.7 cm³/mol. The highest BCUT2D eigenvalue weighted by Crippen LogP contribution is 2.26. The Morgan fingerprint density at radius 2 is 1.93 bits per heavy atom. The van der Waals surface area contributed by atoms with Crippen LogP contribution in [-0.4, -0.2) is 11.1 Å². The lowest BCUT2D eigenvalue weighted by molar-refractivity contribution is -0.136. The van der Waals surface area contributed by atoms with E-state index in [2.05, 4.69) is 0 Å². The molecule has 0 fully saturated rings. The van der Waals surface area contributed by atoms with Crippen LogP contribution in [0.5, 0.6) is 0 Å². The summed E-state index contributed by atoms with van der Waals surface area (Å²) >= 11 is 0. The predicted octanol–water partition coefficient (Wildman–Crippen LogP) is 2.53. The fourth-order valence-corrected chi connectivity index (χ4v) is 1.10. The molecular formula is C9H6F4O2. The van der Waals surface area contributed by atoms with Gasteiger partial charge in [0.1, 0.15) is 11.6 Å². The van der Waals surface area contributed by atoms with Gasteiger partial charge in [0.25, 0.3) is 6.43 Å². The fraction of sp³-hybridized carbons (Fsp3) is 0.222. The normalized spacial score (nSPS) is 10.7. The first-order valence-electron chi connectivity index (χ1n) is 3.90. The maximum absolute atomic E-state index is 13.2. The van der Waals surface area contributed by atoms with Crippen molar-refractivity contribution in [3.05, 3.63) is 34.9 Å². The largest absolute Gasteiger partial charge is 0.481 e. The molecular weight excluding hydrogens is 216 g/mol. The summed E-state index contributed by atoms with van der Waals surface area (Å²) in [5.74, 6) is -4.12. The molecule has 82 valence electrons. The first-order valence-corrected chi connectivity index (χ1v) is 3.90. The summed E-state index contributed by atoms with van der Waals surface area (Å²) in [6.45, 7) is 0. The van der Waals surface area contributed by atoms with Gasteiger partial charge in [-0.1, -0.05) is 0 Å². The van der Waals surface area contributed by atoms with E-state index in [1.807, 2.05) is 0 Å². The zero-order valence-electron chi connectivity index (χ0n) is 7.31. The third-order valence-electron chi connectivity index (χ3n) is 1.78. The minimum Gasteiger partial charge on any atom is -0.481 e. The zero-order valence-corrected chi connectivity index (χ0v) is 7.31. The highest BCUT2D eigenvalue weighted by Gasteiger charge is 2.20. The van der Waals surface area contributed by atoms with Crippen LogP contribution in [0.25, 0.3) is 0 Å². The van der Waals surface area contributed by atoms with Crippen LogP contribution in [0.15, 0.2) is 12.1 Å². The molecule has 1 N–H and O–H groups in total. The van der Waals surface area contributed by atoms with Crippen LogP contribution in [0.2, 0.25) is 0 Å². The highest BCUT2D eigenvalue weighted by atomic mass is 19.3. The van der Waals surface area contributed by atoms with Gasteiger partial charge in [-0.3, -0.25) is 4.79 Å². The Hall–Kier alpha value is -1.59. The van der Waals surface area contributed by atoms with Crippen LogP contribution in [0.1, 0.15) is 17.6 Å². The van der Waals surface area contributed by atoms with Crippen LogP contribution in [0, 0.1) is 11.6 Å². The maximum atomic E-state index is 13.2. The zero-order chi connectivity index (χ0) is 11.6. The number of carboxylic acid groups (broad SMARTS) is 1. The molecule has 6 heteroatoms. The Morgan fingerprint density at radius 1 is 1.33 bits per heavy atom. The summed E-state index contributed by atoms with van der Waals surface area (Å²) < 4.78 is 50.4. The minimum absolute atomic E-state index is 0.598. The SMILES string of the molecule is O=C(O)Cc1c(F)ccc(C(F)F)c1F. The Morgan fingerprint density at radius 3 is 2.40 bits per heavy atom. The average molecular weight is 222 g/mol. The van der Waals surface area contributed by atoms with E-state index < -0.39 is 41.6 Å². The second kappa shape index (κ2) is 4.29. The minimum atomic E-state index is -3.10. The van der Waals surface area contributed by atoms with E-state index in [0.29, 0.717) is 12.1 Å². The molecule has 1 aromatic carbocycles. The van der Waals surface area contributed by atoms with Gasteiger partial charge in [0.2, 0.25) is 0 Å². The molecule has 0 aromatic heterocycles. The molecule has 2 nitrogen and oxygen atoms in total. The van der Waals surface area contributed by atoms with Crippen molar-refractivity contribution < 1.29 is 27.5 Å². The molecule has 1 aromatic rings. The lowest BCUT2D eigenvalue weighted by atomic mass is 10.1. The lowest BCUT2D eigenvalue weighted by Crippen LogP contribution is -2.07. The molecule has 0 aliphatic rings. The van der Waals surface area contributed by atoms with Gasteiger partial charge in [-0.25, -0.2) is 17.6 Å². The summed E-state index contributed by atoms with van der Waals surface area (Å²) in [6.07, 6.45) is -4.06. The Kier molecular flexibility index (Phi) is 3.28. The van der Waals surface area contributed by atoms with Crippen molar-refractivity contribution in [3.63, 3.8) is 0 Å². The number of alkyl halides is 2. The third-order valence-corrected chi connectivity index (χ3v) is 1.78. The lowest BCUT2D eigenvalue weighted by Gasteiger charge is -2.06. The number of aliphatic carboxylic acids is 1. The Bertz CT molecular complexity index is 390. The molecule has 0 bridgehead atoms. The number of hydrogen-bond acceptors (Lipinski definition) is 1. The van der Waals surface area contributed by atoms with Crippen LogP contribution >= 0.6 is 0 Å². The Labute approximate surface area is 82.1 Å². The quantitative estimate of drug-likeness (QED) is 0.798. The molecule has 0 spiro atoms. The van der Waals surface area contributed by atoms with Gasteiger partial charge >= 0.3 is 5.97 Å². The standard InChI is InChI=1S/C9H6F4O2/c10-6-2-1-4(9(12)13)8(11)5(6)3-7(14)15/h1-2,9H,3H2,(H,14,15). The molecule has 0 aliphatic carbocycles. The molecule has 0 aliphatic heterocycles. The second-order valence-corrected chi connectivity index (χ2v) is 2.80. The molecule has 0 saturated carbocycles. The van der Waals surface area contributed by atoms with Crippen molar-refractivity contribution in [2.45, 2.75) is 12.8 Å². The molecule has 0 atom stereocenters. The van der Waals surface area contributed by atoms with Crippen molar-refractivity contribution in [3.8, 4) is 0 Å². The van der Waals surface area contributed by atoms with Gasteiger partial charge in [-0.15, -0.1) is 0 Å².